The average Bonchev–Trinajstić information content (AvgIpc) is 2.42. The van der Waals surface area contributed by atoms with Crippen LogP contribution < -0.4 is 10.1 Å². The van der Waals surface area contributed by atoms with E-state index in [1.165, 1.54) is 6.07 Å². The molecule has 0 aliphatic heterocycles. The lowest BCUT2D eigenvalue weighted by Crippen LogP contribution is -2.17. The number of benzene rings is 1. The van der Waals surface area contributed by atoms with Crippen LogP contribution in [0, 0.1) is 5.82 Å². The standard InChI is InChI=1S/C14H22FNO3/c1-11(16-2)14-12(15)5-4-6-13(14)19-10-9-18-8-7-17-3/h4-6,11,16H,7-10H2,1-3H3. The van der Waals surface area contributed by atoms with Crippen LogP contribution in [0.2, 0.25) is 0 Å². The number of hydrogen-bond donors (Lipinski definition) is 1. The normalized spacial score (nSPS) is 12.4. The van der Waals surface area contributed by atoms with Gasteiger partial charge in [0.15, 0.2) is 0 Å². The summed E-state index contributed by atoms with van der Waals surface area (Å²) in [5.41, 5.74) is 0.543. The van der Waals surface area contributed by atoms with E-state index in [1.54, 1.807) is 26.3 Å². The van der Waals surface area contributed by atoms with Gasteiger partial charge in [-0.25, -0.2) is 4.39 Å². The van der Waals surface area contributed by atoms with Gasteiger partial charge in [0, 0.05) is 18.7 Å². The molecule has 0 heterocycles. The molecular formula is C14H22FNO3. The fourth-order valence-corrected chi connectivity index (χ4v) is 1.66. The molecule has 0 saturated heterocycles. The van der Waals surface area contributed by atoms with Gasteiger partial charge in [-0.2, -0.15) is 0 Å². The zero-order valence-electron chi connectivity index (χ0n) is 11.7. The third-order valence-electron chi connectivity index (χ3n) is 2.80. The number of rotatable bonds is 9. The molecule has 19 heavy (non-hydrogen) atoms. The number of halogens is 1. The first-order valence-electron chi connectivity index (χ1n) is 6.35. The second-order valence-corrected chi connectivity index (χ2v) is 4.12. The molecule has 0 bridgehead atoms. The summed E-state index contributed by atoms with van der Waals surface area (Å²) in [5.74, 6) is 0.289. The minimum absolute atomic E-state index is 0.106. The maximum atomic E-state index is 13.8. The topological polar surface area (TPSA) is 39.7 Å². The third-order valence-corrected chi connectivity index (χ3v) is 2.80. The summed E-state index contributed by atoms with van der Waals surface area (Å²) < 4.78 is 29.5. The highest BCUT2D eigenvalue weighted by molar-refractivity contribution is 5.36. The van der Waals surface area contributed by atoms with Crippen LogP contribution in [0.1, 0.15) is 18.5 Å². The van der Waals surface area contributed by atoms with Gasteiger partial charge in [-0.15, -0.1) is 0 Å². The van der Waals surface area contributed by atoms with Crippen molar-refractivity contribution in [2.75, 3.05) is 40.6 Å². The minimum atomic E-state index is -0.264. The fourth-order valence-electron chi connectivity index (χ4n) is 1.66. The molecule has 0 aromatic heterocycles. The first-order valence-corrected chi connectivity index (χ1v) is 6.35. The molecule has 0 aliphatic rings. The molecule has 1 aromatic carbocycles. The van der Waals surface area contributed by atoms with E-state index in [2.05, 4.69) is 5.32 Å². The van der Waals surface area contributed by atoms with Crippen molar-refractivity contribution in [3.8, 4) is 5.75 Å². The van der Waals surface area contributed by atoms with E-state index in [9.17, 15) is 4.39 Å². The van der Waals surface area contributed by atoms with Crippen molar-refractivity contribution in [1.29, 1.82) is 0 Å². The Morgan fingerprint density at radius 1 is 1.21 bits per heavy atom. The first kappa shape index (κ1) is 15.9. The molecule has 1 aromatic rings. The highest BCUT2D eigenvalue weighted by Gasteiger charge is 2.15. The number of methoxy groups -OCH3 is 1. The molecule has 108 valence electrons. The van der Waals surface area contributed by atoms with Crippen molar-refractivity contribution in [2.24, 2.45) is 0 Å². The second-order valence-electron chi connectivity index (χ2n) is 4.12. The number of ether oxygens (including phenoxy) is 3. The molecule has 0 fully saturated rings. The maximum Gasteiger partial charge on any atom is 0.131 e. The molecule has 5 heteroatoms. The Kier molecular flexibility index (Phi) is 7.40. The Hall–Kier alpha value is -1.17. The van der Waals surface area contributed by atoms with E-state index >= 15 is 0 Å². The molecule has 4 nitrogen and oxygen atoms in total. The van der Waals surface area contributed by atoms with Gasteiger partial charge in [0.2, 0.25) is 0 Å². The summed E-state index contributed by atoms with van der Waals surface area (Å²) in [7, 11) is 3.41. The quantitative estimate of drug-likeness (QED) is 0.699. The third kappa shape index (κ3) is 5.14. The van der Waals surface area contributed by atoms with Gasteiger partial charge in [0.25, 0.3) is 0 Å². The van der Waals surface area contributed by atoms with E-state index in [-0.39, 0.29) is 11.9 Å². The van der Waals surface area contributed by atoms with E-state index in [4.69, 9.17) is 14.2 Å². The van der Waals surface area contributed by atoms with Gasteiger partial charge in [0.05, 0.1) is 19.8 Å². The zero-order valence-corrected chi connectivity index (χ0v) is 11.7. The Morgan fingerprint density at radius 2 is 1.95 bits per heavy atom. The van der Waals surface area contributed by atoms with Gasteiger partial charge >= 0.3 is 0 Å². The van der Waals surface area contributed by atoms with Crippen LogP contribution in [0.3, 0.4) is 0 Å². The molecule has 1 N–H and O–H groups in total. The van der Waals surface area contributed by atoms with Gasteiger partial charge in [-0.05, 0) is 26.1 Å². The predicted octanol–water partition coefficient (Wildman–Crippen LogP) is 2.15. The lowest BCUT2D eigenvalue weighted by molar-refractivity contribution is 0.0541. The predicted molar refractivity (Wildman–Crippen MR) is 72.1 cm³/mol. The smallest absolute Gasteiger partial charge is 0.131 e. The Balaban J connectivity index is 2.51. The summed E-state index contributed by atoms with van der Waals surface area (Å²) >= 11 is 0. The Labute approximate surface area is 113 Å². The minimum Gasteiger partial charge on any atom is -0.491 e. The van der Waals surface area contributed by atoms with Crippen LogP contribution in [-0.2, 0) is 9.47 Å². The molecule has 0 amide bonds. The summed E-state index contributed by atoms with van der Waals surface area (Å²) in [6, 6.07) is 4.74. The van der Waals surface area contributed by atoms with Crippen LogP contribution in [0.4, 0.5) is 4.39 Å². The molecule has 1 unspecified atom stereocenters. The average molecular weight is 271 g/mol. The summed E-state index contributed by atoms with van der Waals surface area (Å²) in [6.45, 7) is 3.81. The molecular weight excluding hydrogens is 249 g/mol. The highest BCUT2D eigenvalue weighted by Crippen LogP contribution is 2.27. The van der Waals surface area contributed by atoms with Crippen molar-refractivity contribution in [3.63, 3.8) is 0 Å². The van der Waals surface area contributed by atoms with Crippen molar-refractivity contribution in [1.82, 2.24) is 5.32 Å². The monoisotopic (exact) mass is 271 g/mol. The fraction of sp³-hybridized carbons (Fsp3) is 0.571. The van der Waals surface area contributed by atoms with E-state index in [0.29, 0.717) is 37.7 Å². The van der Waals surface area contributed by atoms with Gasteiger partial charge in [-0.3, -0.25) is 0 Å². The molecule has 0 spiro atoms. The Bertz CT molecular complexity index is 374. The van der Waals surface area contributed by atoms with E-state index < -0.39 is 0 Å². The van der Waals surface area contributed by atoms with E-state index in [1.807, 2.05) is 6.92 Å². The van der Waals surface area contributed by atoms with Gasteiger partial charge < -0.3 is 19.5 Å². The van der Waals surface area contributed by atoms with Crippen molar-refractivity contribution in [2.45, 2.75) is 13.0 Å². The van der Waals surface area contributed by atoms with Crippen molar-refractivity contribution >= 4 is 0 Å². The molecule has 0 radical (unpaired) electrons. The van der Waals surface area contributed by atoms with Crippen molar-refractivity contribution in [3.05, 3.63) is 29.6 Å². The Morgan fingerprint density at radius 3 is 2.63 bits per heavy atom. The first-order chi connectivity index (χ1) is 9.20. The molecule has 0 aliphatic carbocycles. The van der Waals surface area contributed by atoms with Gasteiger partial charge in [-0.1, -0.05) is 6.07 Å². The van der Waals surface area contributed by atoms with Crippen LogP contribution in [0.5, 0.6) is 5.75 Å². The summed E-state index contributed by atoms with van der Waals surface area (Å²) in [5, 5.41) is 3.01. The van der Waals surface area contributed by atoms with E-state index in [0.717, 1.165) is 0 Å². The SMILES string of the molecule is CNC(C)c1c(F)cccc1OCCOCCOC. The number of nitrogens with one attached hydrogen (secondary N) is 1. The van der Waals surface area contributed by atoms with Crippen molar-refractivity contribution < 1.29 is 18.6 Å². The lowest BCUT2D eigenvalue weighted by atomic mass is 10.1. The van der Waals surface area contributed by atoms with Crippen LogP contribution >= 0.6 is 0 Å². The maximum absolute atomic E-state index is 13.8. The van der Waals surface area contributed by atoms with Gasteiger partial charge in [0.1, 0.15) is 18.2 Å². The molecule has 1 atom stereocenters. The summed E-state index contributed by atoms with van der Waals surface area (Å²) in [4.78, 5) is 0. The lowest BCUT2D eigenvalue weighted by Gasteiger charge is -2.17. The second kappa shape index (κ2) is 8.85. The highest BCUT2D eigenvalue weighted by atomic mass is 19.1. The molecule has 1 rings (SSSR count). The number of hydrogen-bond acceptors (Lipinski definition) is 4. The summed E-state index contributed by atoms with van der Waals surface area (Å²) in [6.07, 6.45) is 0. The van der Waals surface area contributed by atoms with Crippen LogP contribution in [0.25, 0.3) is 0 Å². The zero-order chi connectivity index (χ0) is 14.1. The molecule has 0 saturated carbocycles. The van der Waals surface area contributed by atoms with Crippen LogP contribution in [0.15, 0.2) is 18.2 Å². The van der Waals surface area contributed by atoms with Crippen LogP contribution in [-0.4, -0.2) is 40.6 Å². The largest absolute Gasteiger partial charge is 0.491 e.